The average molecular weight is 316 g/mol. The fourth-order valence-corrected chi connectivity index (χ4v) is 1.77. The van der Waals surface area contributed by atoms with E-state index in [9.17, 15) is 5.11 Å². The zero-order valence-electron chi connectivity index (χ0n) is 10.9. The summed E-state index contributed by atoms with van der Waals surface area (Å²) in [6, 6.07) is 8.14. The van der Waals surface area contributed by atoms with Crippen LogP contribution in [0.3, 0.4) is 0 Å². The fraction of sp³-hybridized carbons (Fsp3) is 0.571. The minimum absolute atomic E-state index is 0.410. The lowest BCUT2D eigenvalue weighted by atomic mass is 10.2. The van der Waals surface area contributed by atoms with Gasteiger partial charge in [-0.2, -0.15) is 0 Å². The van der Waals surface area contributed by atoms with E-state index < -0.39 is 6.10 Å². The normalized spacial score (nSPS) is 12.6. The molecule has 0 fully saturated rings. The summed E-state index contributed by atoms with van der Waals surface area (Å²) in [4.78, 5) is 0. The van der Waals surface area contributed by atoms with Gasteiger partial charge in [-0.05, 0) is 24.1 Å². The van der Waals surface area contributed by atoms with Crippen molar-refractivity contribution >= 4 is 15.9 Å². The SMILES string of the molecule is CCCCOCC(O)CNCc1ccc(Br)cc1. The Labute approximate surface area is 118 Å². The third kappa shape index (κ3) is 7.11. The third-order valence-electron chi connectivity index (χ3n) is 2.57. The molecule has 4 heteroatoms. The van der Waals surface area contributed by atoms with Crippen LogP contribution in [0, 0.1) is 0 Å². The Hall–Kier alpha value is -0.420. The predicted molar refractivity (Wildman–Crippen MR) is 77.6 cm³/mol. The summed E-state index contributed by atoms with van der Waals surface area (Å²) in [6.45, 7) is 4.59. The predicted octanol–water partition coefficient (Wildman–Crippen LogP) is 2.72. The van der Waals surface area contributed by atoms with E-state index in [0.717, 1.165) is 30.5 Å². The van der Waals surface area contributed by atoms with Crippen LogP contribution in [0.25, 0.3) is 0 Å². The van der Waals surface area contributed by atoms with Crippen molar-refractivity contribution in [3.63, 3.8) is 0 Å². The fourth-order valence-electron chi connectivity index (χ4n) is 1.51. The van der Waals surface area contributed by atoms with Crippen LogP contribution in [-0.2, 0) is 11.3 Å². The molecule has 0 spiro atoms. The molecule has 2 N–H and O–H groups in total. The summed E-state index contributed by atoms with van der Waals surface area (Å²) >= 11 is 3.40. The quantitative estimate of drug-likeness (QED) is 0.688. The maximum atomic E-state index is 9.68. The van der Waals surface area contributed by atoms with Gasteiger partial charge in [0.05, 0.1) is 12.7 Å². The first kappa shape index (κ1) is 15.6. The second-order valence-electron chi connectivity index (χ2n) is 4.34. The number of aliphatic hydroxyl groups is 1. The number of unbranched alkanes of at least 4 members (excludes halogenated alkanes) is 1. The van der Waals surface area contributed by atoms with E-state index in [1.54, 1.807) is 0 Å². The molecule has 0 aliphatic carbocycles. The maximum Gasteiger partial charge on any atom is 0.0897 e. The molecule has 0 bridgehead atoms. The Kier molecular flexibility index (Phi) is 8.25. The molecule has 0 aliphatic heterocycles. The summed E-state index contributed by atoms with van der Waals surface area (Å²) < 4.78 is 6.44. The van der Waals surface area contributed by atoms with Gasteiger partial charge in [0.15, 0.2) is 0 Å². The van der Waals surface area contributed by atoms with Crippen molar-refractivity contribution in [2.45, 2.75) is 32.4 Å². The third-order valence-corrected chi connectivity index (χ3v) is 3.10. The highest BCUT2D eigenvalue weighted by molar-refractivity contribution is 9.10. The van der Waals surface area contributed by atoms with Crippen LogP contribution in [0.2, 0.25) is 0 Å². The Morgan fingerprint density at radius 3 is 2.72 bits per heavy atom. The van der Waals surface area contributed by atoms with Gasteiger partial charge < -0.3 is 15.2 Å². The lowest BCUT2D eigenvalue weighted by molar-refractivity contribution is 0.0358. The summed E-state index contributed by atoms with van der Waals surface area (Å²) in [5.41, 5.74) is 1.21. The molecule has 0 saturated heterocycles. The van der Waals surface area contributed by atoms with Crippen LogP contribution in [0.5, 0.6) is 0 Å². The highest BCUT2D eigenvalue weighted by Gasteiger charge is 2.03. The van der Waals surface area contributed by atoms with Crippen LogP contribution >= 0.6 is 15.9 Å². The molecule has 0 saturated carbocycles. The van der Waals surface area contributed by atoms with Gasteiger partial charge in [-0.1, -0.05) is 41.4 Å². The smallest absolute Gasteiger partial charge is 0.0897 e. The van der Waals surface area contributed by atoms with Crippen molar-refractivity contribution in [1.29, 1.82) is 0 Å². The first-order valence-corrected chi connectivity index (χ1v) is 7.22. The number of aliphatic hydroxyl groups excluding tert-OH is 1. The number of rotatable bonds is 9. The number of nitrogens with one attached hydrogen (secondary N) is 1. The van der Waals surface area contributed by atoms with Crippen LogP contribution in [0.4, 0.5) is 0 Å². The number of hydrogen-bond donors (Lipinski definition) is 2. The molecule has 1 aromatic rings. The first-order valence-electron chi connectivity index (χ1n) is 6.43. The summed E-state index contributed by atoms with van der Waals surface area (Å²) in [5, 5.41) is 12.9. The van der Waals surface area contributed by atoms with E-state index in [1.807, 2.05) is 12.1 Å². The van der Waals surface area contributed by atoms with Gasteiger partial charge in [0.1, 0.15) is 0 Å². The van der Waals surface area contributed by atoms with E-state index >= 15 is 0 Å². The molecule has 0 aromatic heterocycles. The summed E-state index contributed by atoms with van der Waals surface area (Å²) in [6.07, 6.45) is 1.74. The molecular weight excluding hydrogens is 294 g/mol. The van der Waals surface area contributed by atoms with Crippen molar-refractivity contribution in [3.05, 3.63) is 34.3 Å². The van der Waals surface area contributed by atoms with Crippen LogP contribution in [0.15, 0.2) is 28.7 Å². The monoisotopic (exact) mass is 315 g/mol. The Balaban J connectivity index is 2.07. The van der Waals surface area contributed by atoms with E-state index in [-0.39, 0.29) is 0 Å². The Bertz CT molecular complexity index is 316. The van der Waals surface area contributed by atoms with Gasteiger partial charge in [0.2, 0.25) is 0 Å². The van der Waals surface area contributed by atoms with E-state index in [1.165, 1.54) is 5.56 Å². The zero-order valence-corrected chi connectivity index (χ0v) is 12.4. The lowest BCUT2D eigenvalue weighted by Crippen LogP contribution is -2.30. The van der Waals surface area contributed by atoms with Crippen LogP contribution in [-0.4, -0.2) is 31.0 Å². The molecule has 0 heterocycles. The Morgan fingerprint density at radius 2 is 2.06 bits per heavy atom. The van der Waals surface area contributed by atoms with E-state index in [2.05, 4.69) is 40.3 Å². The molecule has 1 aromatic carbocycles. The van der Waals surface area contributed by atoms with E-state index in [4.69, 9.17) is 4.74 Å². The van der Waals surface area contributed by atoms with Crippen molar-refractivity contribution in [3.8, 4) is 0 Å². The van der Waals surface area contributed by atoms with Crippen LogP contribution in [0.1, 0.15) is 25.3 Å². The van der Waals surface area contributed by atoms with Gasteiger partial charge in [-0.25, -0.2) is 0 Å². The highest BCUT2D eigenvalue weighted by atomic mass is 79.9. The second kappa shape index (κ2) is 9.50. The molecule has 0 aliphatic rings. The number of benzene rings is 1. The molecule has 18 heavy (non-hydrogen) atoms. The minimum atomic E-state index is -0.433. The second-order valence-corrected chi connectivity index (χ2v) is 5.26. The van der Waals surface area contributed by atoms with Crippen molar-refractivity contribution < 1.29 is 9.84 Å². The molecule has 0 radical (unpaired) electrons. The summed E-state index contributed by atoms with van der Waals surface area (Å²) in [7, 11) is 0. The topological polar surface area (TPSA) is 41.5 Å². The van der Waals surface area contributed by atoms with Crippen molar-refractivity contribution in [2.75, 3.05) is 19.8 Å². The molecule has 0 amide bonds. The Morgan fingerprint density at radius 1 is 1.33 bits per heavy atom. The first-order chi connectivity index (χ1) is 8.72. The van der Waals surface area contributed by atoms with Crippen molar-refractivity contribution in [2.24, 2.45) is 0 Å². The number of ether oxygens (including phenoxy) is 1. The largest absolute Gasteiger partial charge is 0.389 e. The molecular formula is C14H22BrNO2. The minimum Gasteiger partial charge on any atom is -0.389 e. The van der Waals surface area contributed by atoms with Crippen LogP contribution < -0.4 is 5.32 Å². The van der Waals surface area contributed by atoms with Gasteiger partial charge in [-0.3, -0.25) is 0 Å². The molecule has 1 unspecified atom stereocenters. The summed E-state index contributed by atoms with van der Waals surface area (Å²) in [5.74, 6) is 0. The standard InChI is InChI=1S/C14H22BrNO2/c1-2-3-8-18-11-14(17)10-16-9-12-4-6-13(15)7-5-12/h4-7,14,16-17H,2-3,8-11H2,1H3. The molecule has 3 nitrogen and oxygen atoms in total. The van der Waals surface area contributed by atoms with Crippen molar-refractivity contribution in [1.82, 2.24) is 5.32 Å². The molecule has 1 rings (SSSR count). The number of hydrogen-bond acceptors (Lipinski definition) is 3. The van der Waals surface area contributed by atoms with Gasteiger partial charge in [0, 0.05) is 24.2 Å². The zero-order chi connectivity index (χ0) is 13.2. The molecule has 102 valence electrons. The lowest BCUT2D eigenvalue weighted by Gasteiger charge is -2.12. The highest BCUT2D eigenvalue weighted by Crippen LogP contribution is 2.10. The van der Waals surface area contributed by atoms with Gasteiger partial charge in [0.25, 0.3) is 0 Å². The maximum absolute atomic E-state index is 9.68. The molecule has 1 atom stereocenters. The average Bonchev–Trinajstić information content (AvgIpc) is 2.37. The number of halogens is 1. The van der Waals surface area contributed by atoms with E-state index in [0.29, 0.717) is 13.2 Å². The van der Waals surface area contributed by atoms with Gasteiger partial charge in [-0.15, -0.1) is 0 Å². The van der Waals surface area contributed by atoms with Gasteiger partial charge >= 0.3 is 0 Å².